The fraction of sp³-hybridized carbons (Fsp3) is 0.238. The maximum Gasteiger partial charge on any atom is 0.224 e. The van der Waals surface area contributed by atoms with E-state index in [2.05, 4.69) is 40.0 Å². The maximum absolute atomic E-state index is 12.3. The topological polar surface area (TPSA) is 62.7 Å². The van der Waals surface area contributed by atoms with Crippen LogP contribution in [-0.4, -0.2) is 27.0 Å². The van der Waals surface area contributed by atoms with Gasteiger partial charge in [-0.15, -0.1) is 0 Å². The number of H-pyrrole nitrogens is 1. The third-order valence-electron chi connectivity index (χ3n) is 4.83. The highest BCUT2D eigenvalue weighted by Crippen LogP contribution is 2.18. The Hall–Kier alpha value is -3.08. The average molecular weight is 346 g/mol. The van der Waals surface area contributed by atoms with E-state index in [4.69, 9.17) is 4.98 Å². The minimum atomic E-state index is 0.0318. The number of hydrogen-bond acceptors (Lipinski definition) is 2. The van der Waals surface area contributed by atoms with Crippen molar-refractivity contribution in [3.05, 3.63) is 65.6 Å². The summed E-state index contributed by atoms with van der Waals surface area (Å²) >= 11 is 0. The molecule has 1 amide bonds. The molecule has 2 heterocycles. The lowest BCUT2D eigenvalue weighted by Gasteiger charge is -2.05. The van der Waals surface area contributed by atoms with Gasteiger partial charge in [0.1, 0.15) is 5.82 Å². The first-order chi connectivity index (χ1) is 12.6. The zero-order chi connectivity index (χ0) is 18.1. The Labute approximate surface area is 152 Å². The summed E-state index contributed by atoms with van der Waals surface area (Å²) in [6, 6.07) is 14.3. The van der Waals surface area contributed by atoms with Gasteiger partial charge >= 0.3 is 0 Å². The second kappa shape index (κ2) is 6.67. The Balaban J connectivity index is 1.38. The summed E-state index contributed by atoms with van der Waals surface area (Å²) in [5.41, 5.74) is 5.42. The van der Waals surface area contributed by atoms with Gasteiger partial charge in [-0.3, -0.25) is 4.79 Å². The molecule has 132 valence electrons. The second-order valence-corrected chi connectivity index (χ2v) is 6.72. The summed E-state index contributed by atoms with van der Waals surface area (Å²) in [6.45, 7) is 2.65. The number of carbonyl (C=O) groups is 1. The number of carbonyl (C=O) groups excluding carboxylic acids is 1. The molecule has 0 aliphatic rings. The summed E-state index contributed by atoms with van der Waals surface area (Å²) in [5, 5.41) is 4.12. The monoisotopic (exact) mass is 346 g/mol. The van der Waals surface area contributed by atoms with E-state index in [1.165, 1.54) is 5.56 Å². The number of hydrogen-bond donors (Lipinski definition) is 2. The summed E-state index contributed by atoms with van der Waals surface area (Å²) in [7, 11) is 2.02. The van der Waals surface area contributed by atoms with Gasteiger partial charge in [-0.1, -0.05) is 24.3 Å². The molecule has 4 aromatic rings. The van der Waals surface area contributed by atoms with Crippen molar-refractivity contribution in [3.8, 4) is 0 Å². The molecule has 0 saturated heterocycles. The van der Waals surface area contributed by atoms with Gasteiger partial charge in [0.05, 0.1) is 17.5 Å². The molecule has 0 radical (unpaired) electrons. The number of para-hydroxylation sites is 1. The molecule has 2 N–H and O–H groups in total. The van der Waals surface area contributed by atoms with Crippen molar-refractivity contribution in [3.63, 3.8) is 0 Å². The fourth-order valence-corrected chi connectivity index (χ4v) is 3.41. The molecule has 4 rings (SSSR count). The van der Waals surface area contributed by atoms with E-state index in [0.717, 1.165) is 33.3 Å². The Kier molecular flexibility index (Phi) is 4.21. The highest BCUT2D eigenvalue weighted by atomic mass is 16.1. The summed E-state index contributed by atoms with van der Waals surface area (Å²) < 4.78 is 2.10. The number of amides is 1. The molecule has 0 saturated carbocycles. The Morgan fingerprint density at radius 2 is 2.08 bits per heavy atom. The van der Waals surface area contributed by atoms with Crippen LogP contribution in [-0.2, 0) is 24.7 Å². The Morgan fingerprint density at radius 3 is 2.96 bits per heavy atom. The molecular formula is C21H22N4O. The first-order valence-electron chi connectivity index (χ1n) is 8.85. The van der Waals surface area contributed by atoms with Crippen LogP contribution in [0, 0.1) is 6.92 Å². The van der Waals surface area contributed by atoms with Crippen molar-refractivity contribution >= 4 is 27.8 Å². The largest absolute Gasteiger partial charge is 0.361 e. The van der Waals surface area contributed by atoms with Gasteiger partial charge in [0.2, 0.25) is 5.91 Å². The number of fused-ring (bicyclic) bond motifs is 2. The number of nitrogens with zero attached hydrogens (tertiary/aromatic N) is 2. The van der Waals surface area contributed by atoms with Crippen LogP contribution in [0.2, 0.25) is 0 Å². The Morgan fingerprint density at radius 1 is 1.23 bits per heavy atom. The molecule has 0 bridgehead atoms. The second-order valence-electron chi connectivity index (χ2n) is 6.72. The van der Waals surface area contributed by atoms with Crippen LogP contribution in [0.1, 0.15) is 17.0 Å². The van der Waals surface area contributed by atoms with E-state index in [1.54, 1.807) is 0 Å². The summed E-state index contributed by atoms with van der Waals surface area (Å²) in [6.07, 6.45) is 3.01. The van der Waals surface area contributed by atoms with Crippen molar-refractivity contribution < 1.29 is 4.79 Å². The number of aromatic amines is 1. The van der Waals surface area contributed by atoms with Crippen LogP contribution in [0.4, 0.5) is 0 Å². The normalized spacial score (nSPS) is 11.3. The van der Waals surface area contributed by atoms with Crippen LogP contribution in [0.25, 0.3) is 21.9 Å². The van der Waals surface area contributed by atoms with Crippen molar-refractivity contribution in [2.75, 3.05) is 6.54 Å². The van der Waals surface area contributed by atoms with E-state index >= 15 is 0 Å². The van der Waals surface area contributed by atoms with Crippen molar-refractivity contribution in [2.24, 2.45) is 7.05 Å². The van der Waals surface area contributed by atoms with Crippen LogP contribution >= 0.6 is 0 Å². The van der Waals surface area contributed by atoms with Crippen LogP contribution in [0.3, 0.4) is 0 Å². The molecule has 5 heteroatoms. The number of aromatic nitrogens is 3. The molecule has 5 nitrogen and oxygen atoms in total. The van der Waals surface area contributed by atoms with Gasteiger partial charge in [-0.25, -0.2) is 4.98 Å². The van der Waals surface area contributed by atoms with E-state index in [9.17, 15) is 4.79 Å². The Bertz CT molecular complexity index is 1090. The van der Waals surface area contributed by atoms with E-state index < -0.39 is 0 Å². The van der Waals surface area contributed by atoms with Crippen molar-refractivity contribution in [2.45, 2.75) is 19.8 Å². The average Bonchev–Trinajstić information content (AvgIpc) is 3.17. The molecule has 2 aromatic carbocycles. The lowest BCUT2D eigenvalue weighted by atomic mass is 10.1. The van der Waals surface area contributed by atoms with Crippen molar-refractivity contribution in [1.29, 1.82) is 0 Å². The minimum Gasteiger partial charge on any atom is -0.361 e. The third kappa shape index (κ3) is 3.08. The first-order valence-corrected chi connectivity index (χ1v) is 8.85. The number of benzene rings is 2. The molecule has 0 spiro atoms. The lowest BCUT2D eigenvalue weighted by molar-refractivity contribution is -0.120. The van der Waals surface area contributed by atoms with E-state index in [-0.39, 0.29) is 5.91 Å². The van der Waals surface area contributed by atoms with Gasteiger partial charge in [0.25, 0.3) is 0 Å². The molecule has 0 aliphatic carbocycles. The molecule has 2 aromatic heterocycles. The maximum atomic E-state index is 12.3. The highest BCUT2D eigenvalue weighted by Gasteiger charge is 2.10. The zero-order valence-corrected chi connectivity index (χ0v) is 15.0. The number of rotatable bonds is 5. The van der Waals surface area contributed by atoms with Crippen molar-refractivity contribution in [1.82, 2.24) is 19.9 Å². The zero-order valence-electron chi connectivity index (χ0n) is 15.0. The number of nitrogens with one attached hydrogen (secondary N) is 2. The first kappa shape index (κ1) is 16.4. The van der Waals surface area contributed by atoms with Crippen LogP contribution in [0.5, 0.6) is 0 Å². The smallest absolute Gasteiger partial charge is 0.224 e. The standard InChI is InChI=1S/C21H22N4O/c1-14-7-8-19-18(11-14)24-20(25(19)2)9-10-22-21(26)12-15-13-23-17-6-4-3-5-16(15)17/h3-8,11,13,23H,9-10,12H2,1-2H3,(H,22,26). The summed E-state index contributed by atoms with van der Waals surface area (Å²) in [4.78, 5) is 20.2. The van der Waals surface area contributed by atoms with Gasteiger partial charge in [0, 0.05) is 37.1 Å². The molecular weight excluding hydrogens is 324 g/mol. The molecule has 0 unspecified atom stereocenters. The lowest BCUT2D eigenvalue weighted by Crippen LogP contribution is -2.27. The highest BCUT2D eigenvalue weighted by molar-refractivity contribution is 5.88. The molecule has 0 atom stereocenters. The number of imidazole rings is 1. The molecule has 0 fully saturated rings. The minimum absolute atomic E-state index is 0.0318. The van der Waals surface area contributed by atoms with Gasteiger partial charge in [-0.05, 0) is 36.2 Å². The van der Waals surface area contributed by atoms with Gasteiger partial charge in [0.15, 0.2) is 0 Å². The fourth-order valence-electron chi connectivity index (χ4n) is 3.41. The predicted molar refractivity (Wildman–Crippen MR) is 104 cm³/mol. The van der Waals surface area contributed by atoms with Gasteiger partial charge in [-0.2, -0.15) is 0 Å². The summed E-state index contributed by atoms with van der Waals surface area (Å²) in [5.74, 6) is 1.02. The SMILES string of the molecule is Cc1ccc2c(c1)nc(CCNC(=O)Cc1c[nH]c3ccccc13)n2C. The predicted octanol–water partition coefficient (Wildman–Crippen LogP) is 3.26. The third-order valence-corrected chi connectivity index (χ3v) is 4.83. The molecule has 0 aliphatic heterocycles. The van der Waals surface area contributed by atoms with Crippen LogP contribution < -0.4 is 5.32 Å². The van der Waals surface area contributed by atoms with E-state index in [0.29, 0.717) is 19.4 Å². The quantitative estimate of drug-likeness (QED) is 0.583. The molecule has 26 heavy (non-hydrogen) atoms. The van der Waals surface area contributed by atoms with E-state index in [1.807, 2.05) is 37.5 Å². The van der Waals surface area contributed by atoms with Crippen LogP contribution in [0.15, 0.2) is 48.7 Å². The number of aryl methyl sites for hydroxylation is 2. The van der Waals surface area contributed by atoms with Gasteiger partial charge < -0.3 is 14.9 Å².